The molecule has 1 aromatic heterocycles. The molecule has 2 heteroatoms. The molecule has 55 heavy (non-hydrogen) atoms. The van der Waals surface area contributed by atoms with Gasteiger partial charge in [0.1, 0.15) is 11.2 Å². The summed E-state index contributed by atoms with van der Waals surface area (Å²) in [5.74, 6) is 0. The Morgan fingerprint density at radius 1 is 0.436 bits per heavy atom. The Labute approximate surface area is 320 Å². The summed E-state index contributed by atoms with van der Waals surface area (Å²) in [5.41, 5.74) is 15.4. The van der Waals surface area contributed by atoms with Crippen molar-refractivity contribution < 1.29 is 4.42 Å². The molecule has 0 fully saturated rings. The Kier molecular flexibility index (Phi) is 6.93. The third kappa shape index (κ3) is 4.88. The van der Waals surface area contributed by atoms with Gasteiger partial charge in [-0.05, 0) is 121 Å². The minimum atomic E-state index is -0.0980. The maximum Gasteiger partial charge on any atom is 0.137 e. The lowest BCUT2D eigenvalue weighted by atomic mass is 9.79. The first-order valence-electron chi connectivity index (χ1n) is 19.1. The van der Waals surface area contributed by atoms with E-state index >= 15 is 0 Å². The minimum absolute atomic E-state index is 0.0980. The van der Waals surface area contributed by atoms with Crippen LogP contribution in [0.2, 0.25) is 0 Å². The number of benzene rings is 9. The van der Waals surface area contributed by atoms with Gasteiger partial charge in [-0.1, -0.05) is 147 Å². The van der Waals surface area contributed by atoms with Gasteiger partial charge in [-0.15, -0.1) is 0 Å². The van der Waals surface area contributed by atoms with Crippen molar-refractivity contribution in [2.75, 3.05) is 4.90 Å². The number of para-hydroxylation sites is 1. The Balaban J connectivity index is 1.08. The molecule has 0 amide bonds. The first kappa shape index (κ1) is 31.6. The number of furan rings is 1. The van der Waals surface area contributed by atoms with Crippen molar-refractivity contribution >= 4 is 60.5 Å². The number of hydrogen-bond donors (Lipinski definition) is 0. The van der Waals surface area contributed by atoms with E-state index in [1.54, 1.807) is 0 Å². The van der Waals surface area contributed by atoms with E-state index in [0.717, 1.165) is 39.0 Å². The second kappa shape index (κ2) is 12.1. The number of hydrogen-bond acceptors (Lipinski definition) is 2. The number of nitrogens with zero attached hydrogens (tertiary/aromatic N) is 1. The standard InChI is InChI=1S/C53H37NO/c1-53(2)46-19-10-8-17-43(46)50-45(33-38-15-6-7-16-42(38)52(50)53)39-24-23-37-32-41(30-27-36(37)31-39)54(40-28-25-35(26-29-40)34-13-4-3-5-14-34)47-20-12-22-49-51(47)44-18-9-11-21-48(44)55-49/h3-33H,1-2H3. The molecule has 0 atom stereocenters. The van der Waals surface area contributed by atoms with Crippen molar-refractivity contribution in [3.05, 3.63) is 199 Å². The van der Waals surface area contributed by atoms with Crippen LogP contribution < -0.4 is 4.90 Å². The Morgan fingerprint density at radius 3 is 1.96 bits per heavy atom. The van der Waals surface area contributed by atoms with Gasteiger partial charge in [0.05, 0.1) is 11.1 Å². The van der Waals surface area contributed by atoms with Gasteiger partial charge in [-0.3, -0.25) is 0 Å². The van der Waals surface area contributed by atoms with Crippen LogP contribution in [0.3, 0.4) is 0 Å². The molecule has 1 aliphatic rings. The molecule has 0 N–H and O–H groups in total. The minimum Gasteiger partial charge on any atom is -0.456 e. The highest BCUT2D eigenvalue weighted by molar-refractivity contribution is 6.13. The van der Waals surface area contributed by atoms with E-state index in [1.165, 1.54) is 66.1 Å². The van der Waals surface area contributed by atoms with Crippen LogP contribution in [0, 0.1) is 0 Å². The monoisotopic (exact) mass is 703 g/mol. The Hall–Kier alpha value is -6.90. The Bertz CT molecular complexity index is 3110. The van der Waals surface area contributed by atoms with Gasteiger partial charge in [0.2, 0.25) is 0 Å². The zero-order chi connectivity index (χ0) is 36.7. The van der Waals surface area contributed by atoms with Crippen LogP contribution in [0.5, 0.6) is 0 Å². The highest BCUT2D eigenvalue weighted by Gasteiger charge is 2.38. The van der Waals surface area contributed by atoms with Crippen molar-refractivity contribution in [1.82, 2.24) is 0 Å². The predicted molar refractivity (Wildman–Crippen MR) is 232 cm³/mol. The number of rotatable bonds is 5. The van der Waals surface area contributed by atoms with Gasteiger partial charge in [0.15, 0.2) is 0 Å². The van der Waals surface area contributed by atoms with E-state index in [1.807, 2.05) is 6.07 Å². The summed E-state index contributed by atoms with van der Waals surface area (Å²) >= 11 is 0. The predicted octanol–water partition coefficient (Wildman–Crippen LogP) is 15.0. The molecule has 11 rings (SSSR count). The average Bonchev–Trinajstić information content (AvgIpc) is 3.74. The highest BCUT2D eigenvalue weighted by Crippen LogP contribution is 2.55. The maximum atomic E-state index is 6.38. The highest BCUT2D eigenvalue weighted by atomic mass is 16.3. The van der Waals surface area contributed by atoms with Gasteiger partial charge in [0, 0.05) is 22.2 Å². The lowest BCUT2D eigenvalue weighted by Gasteiger charge is -2.27. The molecule has 1 aliphatic carbocycles. The molecule has 0 bridgehead atoms. The fourth-order valence-corrected chi connectivity index (χ4v) is 9.23. The molecular weight excluding hydrogens is 667 g/mol. The van der Waals surface area contributed by atoms with Crippen LogP contribution in [0.25, 0.3) is 76.9 Å². The Morgan fingerprint density at radius 2 is 1.09 bits per heavy atom. The van der Waals surface area contributed by atoms with E-state index in [-0.39, 0.29) is 5.41 Å². The summed E-state index contributed by atoms with van der Waals surface area (Å²) in [4.78, 5) is 2.38. The summed E-state index contributed by atoms with van der Waals surface area (Å²) in [6, 6.07) is 68.3. The lowest BCUT2D eigenvalue weighted by molar-refractivity contribution is 0.666. The molecule has 0 radical (unpaired) electrons. The molecule has 10 aromatic rings. The van der Waals surface area contributed by atoms with Crippen LogP contribution in [0.15, 0.2) is 192 Å². The molecule has 2 nitrogen and oxygen atoms in total. The van der Waals surface area contributed by atoms with E-state index in [9.17, 15) is 0 Å². The van der Waals surface area contributed by atoms with E-state index in [2.05, 4.69) is 201 Å². The summed E-state index contributed by atoms with van der Waals surface area (Å²) in [7, 11) is 0. The first-order chi connectivity index (χ1) is 27.0. The van der Waals surface area contributed by atoms with Crippen molar-refractivity contribution in [1.29, 1.82) is 0 Å². The third-order valence-electron chi connectivity index (χ3n) is 11.8. The summed E-state index contributed by atoms with van der Waals surface area (Å²) in [6.07, 6.45) is 0. The largest absolute Gasteiger partial charge is 0.456 e. The van der Waals surface area contributed by atoms with Crippen LogP contribution in [-0.2, 0) is 5.41 Å². The van der Waals surface area contributed by atoms with Crippen LogP contribution in [0.1, 0.15) is 25.0 Å². The van der Waals surface area contributed by atoms with Crippen molar-refractivity contribution in [2.24, 2.45) is 0 Å². The van der Waals surface area contributed by atoms with Crippen molar-refractivity contribution in [2.45, 2.75) is 19.3 Å². The second-order valence-electron chi connectivity index (χ2n) is 15.3. The van der Waals surface area contributed by atoms with Gasteiger partial charge in [-0.2, -0.15) is 0 Å². The normalized spacial score (nSPS) is 13.1. The first-order valence-corrected chi connectivity index (χ1v) is 19.1. The molecule has 0 unspecified atom stereocenters. The molecule has 0 saturated carbocycles. The zero-order valence-electron chi connectivity index (χ0n) is 30.8. The smallest absolute Gasteiger partial charge is 0.137 e. The molecule has 9 aromatic carbocycles. The van der Waals surface area contributed by atoms with Crippen LogP contribution >= 0.6 is 0 Å². The quantitative estimate of drug-likeness (QED) is 0.177. The summed E-state index contributed by atoms with van der Waals surface area (Å²) in [5, 5.41) is 7.23. The van der Waals surface area contributed by atoms with Crippen molar-refractivity contribution in [3.63, 3.8) is 0 Å². The van der Waals surface area contributed by atoms with E-state index in [0.29, 0.717) is 0 Å². The van der Waals surface area contributed by atoms with Gasteiger partial charge in [0.25, 0.3) is 0 Å². The molecule has 0 spiro atoms. The molecule has 0 aliphatic heterocycles. The topological polar surface area (TPSA) is 16.4 Å². The van der Waals surface area contributed by atoms with E-state index < -0.39 is 0 Å². The van der Waals surface area contributed by atoms with Gasteiger partial charge < -0.3 is 9.32 Å². The lowest BCUT2D eigenvalue weighted by Crippen LogP contribution is -2.15. The maximum absolute atomic E-state index is 6.38. The zero-order valence-corrected chi connectivity index (χ0v) is 30.8. The molecular formula is C53H37NO. The van der Waals surface area contributed by atoms with Crippen LogP contribution in [0.4, 0.5) is 17.1 Å². The van der Waals surface area contributed by atoms with Crippen molar-refractivity contribution in [3.8, 4) is 33.4 Å². The summed E-state index contributed by atoms with van der Waals surface area (Å²) in [6.45, 7) is 4.76. The second-order valence-corrected chi connectivity index (χ2v) is 15.3. The van der Waals surface area contributed by atoms with Crippen LogP contribution in [-0.4, -0.2) is 0 Å². The SMILES string of the molecule is CC1(C)c2ccccc2-c2c(-c3ccc4cc(N(c5ccc(-c6ccccc6)cc5)c5cccc6oc7ccccc7c56)ccc4c3)cc3ccccc3c21. The van der Waals surface area contributed by atoms with Gasteiger partial charge in [-0.25, -0.2) is 0 Å². The average molecular weight is 704 g/mol. The molecule has 1 heterocycles. The number of fused-ring (bicyclic) bond motifs is 9. The van der Waals surface area contributed by atoms with Gasteiger partial charge >= 0.3 is 0 Å². The summed E-state index contributed by atoms with van der Waals surface area (Å²) < 4.78 is 6.38. The number of anilines is 3. The molecule has 0 saturated heterocycles. The van der Waals surface area contributed by atoms with E-state index in [4.69, 9.17) is 4.42 Å². The molecule has 260 valence electrons. The fraction of sp³-hybridized carbons (Fsp3) is 0.0566. The third-order valence-corrected chi connectivity index (χ3v) is 11.8. The fourth-order valence-electron chi connectivity index (χ4n) is 9.23.